The molecule has 0 aliphatic rings. The van der Waals surface area contributed by atoms with Crippen LogP contribution in [0.1, 0.15) is 23.5 Å². The van der Waals surface area contributed by atoms with Gasteiger partial charge in [0.15, 0.2) is 0 Å². The third-order valence-corrected chi connectivity index (χ3v) is 4.05. The lowest BCUT2D eigenvalue weighted by molar-refractivity contribution is -0.129. The summed E-state index contributed by atoms with van der Waals surface area (Å²) < 4.78 is 0. The fourth-order valence-corrected chi connectivity index (χ4v) is 2.70. The third-order valence-electron chi connectivity index (χ3n) is 2.82. The molecule has 108 valence electrons. The van der Waals surface area contributed by atoms with Crippen LogP contribution in [0.4, 0.5) is 0 Å². The first kappa shape index (κ1) is 16.4. The molecule has 0 saturated carbocycles. The number of alkyl halides is 1. The standard InChI is InChI=1S/C13H22ClN3OS/c1-16(2)13(18)9-17(3)7-5-4-6-12-15-11(8-14)10-19-12/h10H,4-9H2,1-3H3. The molecule has 0 N–H and O–H groups in total. The topological polar surface area (TPSA) is 36.4 Å². The molecule has 0 aliphatic heterocycles. The van der Waals surface area contributed by atoms with Gasteiger partial charge in [-0.2, -0.15) is 0 Å². The predicted molar refractivity (Wildman–Crippen MR) is 80.8 cm³/mol. The smallest absolute Gasteiger partial charge is 0.236 e. The molecular weight excluding hydrogens is 282 g/mol. The zero-order valence-electron chi connectivity index (χ0n) is 11.9. The fraction of sp³-hybridized carbons (Fsp3) is 0.692. The quantitative estimate of drug-likeness (QED) is 0.546. The molecule has 0 spiro atoms. The third kappa shape index (κ3) is 6.36. The Hall–Kier alpha value is -0.650. The Labute approximate surface area is 124 Å². The van der Waals surface area contributed by atoms with Gasteiger partial charge in [0.1, 0.15) is 0 Å². The molecule has 0 radical (unpaired) electrons. The molecule has 6 heteroatoms. The van der Waals surface area contributed by atoms with Crippen LogP contribution in [0.2, 0.25) is 0 Å². The summed E-state index contributed by atoms with van der Waals surface area (Å²) in [5.74, 6) is 0.639. The van der Waals surface area contributed by atoms with Gasteiger partial charge in [-0.3, -0.25) is 9.69 Å². The Balaban J connectivity index is 2.14. The first-order valence-electron chi connectivity index (χ1n) is 6.41. The van der Waals surface area contributed by atoms with Gasteiger partial charge in [-0.15, -0.1) is 22.9 Å². The Morgan fingerprint density at radius 1 is 1.37 bits per heavy atom. The van der Waals surface area contributed by atoms with Gasteiger partial charge in [0.25, 0.3) is 0 Å². The number of nitrogens with zero attached hydrogens (tertiary/aromatic N) is 3. The Morgan fingerprint density at radius 2 is 2.11 bits per heavy atom. The Kier molecular flexibility index (Phi) is 7.34. The number of thiazole rings is 1. The molecule has 0 fully saturated rings. The van der Waals surface area contributed by atoms with Gasteiger partial charge in [0.05, 0.1) is 23.1 Å². The average molecular weight is 304 g/mol. The molecular formula is C13H22ClN3OS. The minimum absolute atomic E-state index is 0.147. The second-order valence-corrected chi connectivity index (χ2v) is 6.06. The first-order chi connectivity index (χ1) is 9.02. The lowest BCUT2D eigenvalue weighted by atomic mass is 10.2. The number of carbonyl (C=O) groups excluding carboxylic acids is 1. The summed E-state index contributed by atoms with van der Waals surface area (Å²) >= 11 is 7.40. The van der Waals surface area contributed by atoms with Crippen LogP contribution in [0.3, 0.4) is 0 Å². The van der Waals surface area contributed by atoms with Crippen molar-refractivity contribution in [2.45, 2.75) is 25.1 Å². The van der Waals surface area contributed by atoms with Crippen LogP contribution in [-0.4, -0.2) is 54.9 Å². The van der Waals surface area contributed by atoms with E-state index in [1.54, 1.807) is 30.3 Å². The molecule has 0 aromatic carbocycles. The van der Waals surface area contributed by atoms with Gasteiger partial charge in [-0.25, -0.2) is 4.98 Å². The fourth-order valence-electron chi connectivity index (χ4n) is 1.63. The van der Waals surface area contributed by atoms with Crippen molar-refractivity contribution in [3.05, 3.63) is 16.1 Å². The van der Waals surface area contributed by atoms with E-state index < -0.39 is 0 Å². The Bertz CT molecular complexity index is 395. The number of likely N-dealkylation sites (N-methyl/N-ethyl adjacent to an activating group) is 2. The average Bonchev–Trinajstić information content (AvgIpc) is 2.82. The van der Waals surface area contributed by atoms with Crippen molar-refractivity contribution in [2.24, 2.45) is 0 Å². The SMILES string of the molecule is CN(CCCCc1nc(CCl)cs1)CC(=O)N(C)C. The number of amides is 1. The van der Waals surface area contributed by atoms with Crippen LogP contribution < -0.4 is 0 Å². The maximum absolute atomic E-state index is 11.5. The zero-order valence-corrected chi connectivity index (χ0v) is 13.4. The summed E-state index contributed by atoms with van der Waals surface area (Å²) in [4.78, 5) is 19.6. The van der Waals surface area contributed by atoms with Crippen LogP contribution in [0.25, 0.3) is 0 Å². The van der Waals surface area contributed by atoms with E-state index in [2.05, 4.69) is 9.88 Å². The van der Waals surface area contributed by atoms with E-state index in [4.69, 9.17) is 11.6 Å². The number of rotatable bonds is 8. The Morgan fingerprint density at radius 3 is 2.68 bits per heavy atom. The van der Waals surface area contributed by atoms with Crippen molar-refractivity contribution in [1.82, 2.24) is 14.8 Å². The highest BCUT2D eigenvalue weighted by Crippen LogP contribution is 2.14. The summed E-state index contributed by atoms with van der Waals surface area (Å²) in [6.07, 6.45) is 3.17. The lowest BCUT2D eigenvalue weighted by Crippen LogP contribution is -2.34. The zero-order chi connectivity index (χ0) is 14.3. The van der Waals surface area contributed by atoms with E-state index in [-0.39, 0.29) is 5.91 Å². The molecule has 1 rings (SSSR count). The van der Waals surface area contributed by atoms with E-state index >= 15 is 0 Å². The van der Waals surface area contributed by atoms with Crippen molar-refractivity contribution < 1.29 is 4.79 Å². The monoisotopic (exact) mass is 303 g/mol. The molecule has 0 aliphatic carbocycles. The molecule has 19 heavy (non-hydrogen) atoms. The van der Waals surface area contributed by atoms with Crippen molar-refractivity contribution in [1.29, 1.82) is 0 Å². The van der Waals surface area contributed by atoms with Gasteiger partial charge in [-0.05, 0) is 32.9 Å². The molecule has 1 heterocycles. The number of hydrogen-bond donors (Lipinski definition) is 0. The van der Waals surface area contributed by atoms with Crippen LogP contribution in [0.15, 0.2) is 5.38 Å². The van der Waals surface area contributed by atoms with Crippen molar-refractivity contribution >= 4 is 28.8 Å². The first-order valence-corrected chi connectivity index (χ1v) is 7.82. The highest BCUT2D eigenvalue weighted by atomic mass is 35.5. The summed E-state index contributed by atoms with van der Waals surface area (Å²) in [6, 6.07) is 0. The molecule has 4 nitrogen and oxygen atoms in total. The maximum Gasteiger partial charge on any atom is 0.236 e. The van der Waals surface area contributed by atoms with Crippen molar-refractivity contribution in [3.8, 4) is 0 Å². The van der Waals surface area contributed by atoms with Crippen molar-refractivity contribution in [3.63, 3.8) is 0 Å². The van der Waals surface area contributed by atoms with Gasteiger partial charge in [0, 0.05) is 19.5 Å². The van der Waals surface area contributed by atoms with Gasteiger partial charge in [-0.1, -0.05) is 0 Å². The lowest BCUT2D eigenvalue weighted by Gasteiger charge is -2.18. The summed E-state index contributed by atoms with van der Waals surface area (Å²) in [5, 5.41) is 3.17. The van der Waals surface area contributed by atoms with Gasteiger partial charge < -0.3 is 4.90 Å². The second-order valence-electron chi connectivity index (χ2n) is 4.85. The molecule has 1 amide bonds. The predicted octanol–water partition coefficient (Wildman–Crippen LogP) is 2.22. The second kappa shape index (κ2) is 8.51. The number of unbranched alkanes of at least 4 members (excludes halogenated alkanes) is 1. The van der Waals surface area contributed by atoms with E-state index in [1.807, 2.05) is 12.4 Å². The molecule has 0 bridgehead atoms. The maximum atomic E-state index is 11.5. The van der Waals surface area contributed by atoms with Crippen molar-refractivity contribution in [2.75, 3.05) is 34.2 Å². The highest BCUT2D eigenvalue weighted by Gasteiger charge is 2.08. The highest BCUT2D eigenvalue weighted by molar-refractivity contribution is 7.09. The minimum Gasteiger partial charge on any atom is -0.348 e. The van der Waals surface area contributed by atoms with Crippen LogP contribution >= 0.6 is 22.9 Å². The van der Waals surface area contributed by atoms with Gasteiger partial charge in [0.2, 0.25) is 5.91 Å². The molecule has 0 saturated heterocycles. The van der Waals surface area contributed by atoms with E-state index in [1.165, 1.54) is 0 Å². The van der Waals surface area contributed by atoms with Crippen LogP contribution in [0, 0.1) is 0 Å². The number of carbonyl (C=O) groups is 1. The summed E-state index contributed by atoms with van der Waals surface area (Å²) in [5.41, 5.74) is 0.968. The molecule has 0 unspecified atom stereocenters. The minimum atomic E-state index is 0.147. The largest absolute Gasteiger partial charge is 0.348 e. The van der Waals surface area contributed by atoms with E-state index in [0.717, 1.165) is 36.5 Å². The summed E-state index contributed by atoms with van der Waals surface area (Å²) in [6.45, 7) is 1.42. The normalized spacial score (nSPS) is 11.0. The molecule has 0 atom stereocenters. The van der Waals surface area contributed by atoms with Crippen LogP contribution in [0.5, 0.6) is 0 Å². The van der Waals surface area contributed by atoms with E-state index in [0.29, 0.717) is 12.4 Å². The number of aryl methyl sites for hydroxylation is 1. The molecule has 1 aromatic heterocycles. The van der Waals surface area contributed by atoms with Crippen LogP contribution in [-0.2, 0) is 17.1 Å². The number of halogens is 1. The van der Waals surface area contributed by atoms with E-state index in [9.17, 15) is 4.79 Å². The molecule has 1 aromatic rings. The number of hydrogen-bond acceptors (Lipinski definition) is 4. The van der Waals surface area contributed by atoms with Gasteiger partial charge >= 0.3 is 0 Å². The number of aromatic nitrogens is 1. The summed E-state index contributed by atoms with van der Waals surface area (Å²) in [7, 11) is 5.55.